The smallest absolute Gasteiger partial charge is 0.347 e. The molecule has 6 heteroatoms. The van der Waals surface area contributed by atoms with Crippen LogP contribution in [0.3, 0.4) is 0 Å². The van der Waals surface area contributed by atoms with Gasteiger partial charge in [-0.1, -0.05) is 0 Å². The van der Waals surface area contributed by atoms with Gasteiger partial charge in [0.2, 0.25) is 0 Å². The molecule has 2 heterocycles. The second-order valence-electron chi connectivity index (χ2n) is 3.66. The molecule has 0 fully saturated rings. The number of rotatable bonds is 2. The Morgan fingerprint density at radius 1 is 1.59 bits per heavy atom. The molecule has 0 atom stereocenters. The summed E-state index contributed by atoms with van der Waals surface area (Å²) in [5, 5.41) is 9.97. The van der Waals surface area contributed by atoms with E-state index < -0.39 is 11.5 Å². The van der Waals surface area contributed by atoms with E-state index >= 15 is 0 Å². The molecule has 1 aliphatic rings. The van der Waals surface area contributed by atoms with Crippen LogP contribution in [0.25, 0.3) is 0 Å². The van der Waals surface area contributed by atoms with E-state index in [2.05, 4.69) is 4.98 Å². The van der Waals surface area contributed by atoms with Crippen LogP contribution in [0.4, 0.5) is 0 Å². The van der Waals surface area contributed by atoms with E-state index in [9.17, 15) is 14.7 Å². The average Bonchev–Trinajstić information content (AvgIpc) is 2.29. The summed E-state index contributed by atoms with van der Waals surface area (Å²) in [5.74, 6) is -0.151. The van der Waals surface area contributed by atoms with Gasteiger partial charge in [0.1, 0.15) is 0 Å². The molecule has 1 aliphatic heterocycles. The molecule has 0 bridgehead atoms. The first kappa shape index (κ1) is 12.0. The van der Waals surface area contributed by atoms with Crippen molar-refractivity contribution in [3.63, 3.8) is 0 Å². The fourth-order valence-electron chi connectivity index (χ4n) is 1.77. The molecule has 0 radical (unpaired) electrons. The fourth-order valence-corrected chi connectivity index (χ4v) is 2.83. The summed E-state index contributed by atoms with van der Waals surface area (Å²) in [5.41, 5.74) is -0.168. The highest BCUT2D eigenvalue weighted by atomic mass is 32.2. The number of aryl methyl sites for hydroxylation is 1. The highest BCUT2D eigenvalue weighted by molar-refractivity contribution is 7.99. The number of pyridine rings is 1. The Morgan fingerprint density at radius 3 is 3.06 bits per heavy atom. The van der Waals surface area contributed by atoms with Gasteiger partial charge in [-0.3, -0.25) is 4.79 Å². The molecule has 2 N–H and O–H groups in total. The molecule has 17 heavy (non-hydrogen) atoms. The summed E-state index contributed by atoms with van der Waals surface area (Å²) in [7, 11) is 0. The Kier molecular flexibility index (Phi) is 3.42. The lowest BCUT2D eigenvalue weighted by molar-refractivity contribution is 0.0520. The number of hydrogen-bond donors (Lipinski definition) is 2. The van der Waals surface area contributed by atoms with Gasteiger partial charge in [-0.2, -0.15) is 0 Å². The van der Waals surface area contributed by atoms with E-state index in [-0.39, 0.29) is 17.9 Å². The normalized spacial score (nSPS) is 14.2. The van der Waals surface area contributed by atoms with E-state index in [4.69, 9.17) is 4.74 Å². The van der Waals surface area contributed by atoms with Gasteiger partial charge in [-0.15, -0.1) is 11.8 Å². The third-order valence-corrected chi connectivity index (χ3v) is 3.74. The maximum atomic E-state index is 11.7. The summed E-state index contributed by atoms with van der Waals surface area (Å²) < 4.78 is 4.75. The number of carbonyl (C=O) groups excluding carboxylic acids is 1. The van der Waals surface area contributed by atoms with Gasteiger partial charge in [-0.25, -0.2) is 4.79 Å². The van der Waals surface area contributed by atoms with E-state index in [1.807, 2.05) is 0 Å². The van der Waals surface area contributed by atoms with Gasteiger partial charge in [-0.05, 0) is 25.5 Å². The average molecular weight is 255 g/mol. The van der Waals surface area contributed by atoms with E-state index in [0.29, 0.717) is 17.0 Å². The number of H-pyrrole nitrogens is 1. The van der Waals surface area contributed by atoms with Crippen LogP contribution >= 0.6 is 11.8 Å². The van der Waals surface area contributed by atoms with Crippen molar-refractivity contribution in [1.29, 1.82) is 0 Å². The molecular weight excluding hydrogens is 242 g/mol. The third-order valence-electron chi connectivity index (χ3n) is 2.51. The minimum atomic E-state index is -0.778. The van der Waals surface area contributed by atoms with E-state index in [1.54, 1.807) is 6.92 Å². The van der Waals surface area contributed by atoms with Crippen molar-refractivity contribution < 1.29 is 14.6 Å². The van der Waals surface area contributed by atoms with Crippen molar-refractivity contribution in [2.45, 2.75) is 24.7 Å². The highest BCUT2D eigenvalue weighted by Gasteiger charge is 2.25. The number of aromatic hydroxyl groups is 1. The van der Waals surface area contributed by atoms with Crippen LogP contribution < -0.4 is 5.56 Å². The van der Waals surface area contributed by atoms with E-state index in [0.717, 1.165) is 12.2 Å². The van der Waals surface area contributed by atoms with Crippen LogP contribution in [0.5, 0.6) is 5.75 Å². The number of aromatic nitrogens is 1. The quantitative estimate of drug-likeness (QED) is 0.779. The number of carbonyl (C=O) groups is 1. The summed E-state index contributed by atoms with van der Waals surface area (Å²) >= 11 is 1.45. The Morgan fingerprint density at radius 2 is 2.35 bits per heavy atom. The number of ether oxygens (including phenoxy) is 1. The van der Waals surface area contributed by atoms with Crippen molar-refractivity contribution in [2.75, 3.05) is 12.4 Å². The lowest BCUT2D eigenvalue weighted by atomic mass is 10.1. The van der Waals surface area contributed by atoms with Crippen LogP contribution in [-0.2, 0) is 11.2 Å². The molecule has 0 aromatic carbocycles. The van der Waals surface area contributed by atoms with Crippen LogP contribution in [0.1, 0.15) is 29.4 Å². The molecule has 1 aromatic rings. The number of fused-ring (bicyclic) bond motifs is 1. The summed E-state index contributed by atoms with van der Waals surface area (Å²) in [6.45, 7) is 1.82. The molecule has 92 valence electrons. The monoisotopic (exact) mass is 255 g/mol. The second-order valence-corrected chi connectivity index (χ2v) is 4.76. The minimum Gasteiger partial charge on any atom is -0.506 e. The molecule has 0 unspecified atom stereocenters. The molecular formula is C11H13NO4S. The van der Waals surface area contributed by atoms with Crippen LogP contribution in [0.15, 0.2) is 9.69 Å². The first-order chi connectivity index (χ1) is 8.15. The lowest BCUT2D eigenvalue weighted by Crippen LogP contribution is -2.23. The van der Waals surface area contributed by atoms with E-state index in [1.165, 1.54) is 11.8 Å². The number of aromatic amines is 1. The first-order valence-corrected chi connectivity index (χ1v) is 6.41. The lowest BCUT2D eigenvalue weighted by Gasteiger charge is -2.17. The van der Waals surface area contributed by atoms with Crippen molar-refractivity contribution >= 4 is 17.7 Å². The number of esters is 1. The maximum Gasteiger partial charge on any atom is 0.347 e. The zero-order chi connectivity index (χ0) is 12.4. The van der Waals surface area contributed by atoms with Gasteiger partial charge in [0, 0.05) is 5.69 Å². The standard InChI is InChI=1S/C11H13NO4S/c1-2-16-11(15)7-8(13)9-6(12-10(7)14)4-3-5-17-9/h2-5H2,1H3,(H2,12,13,14). The first-order valence-electron chi connectivity index (χ1n) is 5.43. The summed E-state index contributed by atoms with van der Waals surface area (Å²) in [4.78, 5) is 26.5. The Balaban J connectivity index is 2.53. The number of hydrogen-bond acceptors (Lipinski definition) is 5. The summed E-state index contributed by atoms with van der Waals surface area (Å²) in [6.07, 6.45) is 1.67. The second kappa shape index (κ2) is 4.83. The molecule has 0 spiro atoms. The van der Waals surface area contributed by atoms with Crippen molar-refractivity contribution in [1.82, 2.24) is 4.98 Å². The van der Waals surface area contributed by atoms with Crippen molar-refractivity contribution in [3.8, 4) is 5.75 Å². The maximum absolute atomic E-state index is 11.7. The molecule has 1 aromatic heterocycles. The molecule has 5 nitrogen and oxygen atoms in total. The minimum absolute atomic E-state index is 0.169. The number of thioether (sulfide) groups is 1. The van der Waals surface area contributed by atoms with Gasteiger partial charge < -0.3 is 14.8 Å². The molecule has 0 saturated heterocycles. The fraction of sp³-hybridized carbons (Fsp3) is 0.455. The topological polar surface area (TPSA) is 79.4 Å². The highest BCUT2D eigenvalue weighted by Crippen LogP contribution is 2.36. The predicted molar refractivity (Wildman–Crippen MR) is 63.7 cm³/mol. The summed E-state index contributed by atoms with van der Waals surface area (Å²) in [6, 6.07) is 0. The number of nitrogens with one attached hydrogen (secondary N) is 1. The zero-order valence-corrected chi connectivity index (χ0v) is 10.2. The van der Waals surface area contributed by atoms with Crippen molar-refractivity contribution in [2.24, 2.45) is 0 Å². The van der Waals surface area contributed by atoms with Gasteiger partial charge in [0.05, 0.1) is 11.5 Å². The van der Waals surface area contributed by atoms with Crippen LogP contribution in [-0.4, -0.2) is 28.4 Å². The largest absolute Gasteiger partial charge is 0.506 e. The van der Waals surface area contributed by atoms with Crippen molar-refractivity contribution in [3.05, 3.63) is 21.6 Å². The van der Waals surface area contributed by atoms with Gasteiger partial charge in [0.25, 0.3) is 5.56 Å². The van der Waals surface area contributed by atoms with Gasteiger partial charge >= 0.3 is 5.97 Å². The molecule has 2 rings (SSSR count). The molecule has 0 aliphatic carbocycles. The SMILES string of the molecule is CCOC(=O)c1c(O)c2c([nH]c1=O)CCCS2. The Hall–Kier alpha value is -1.43. The zero-order valence-electron chi connectivity index (χ0n) is 9.41. The predicted octanol–water partition coefficient (Wildman–Crippen LogP) is 1.30. The van der Waals surface area contributed by atoms with Crippen LogP contribution in [0, 0.1) is 0 Å². The molecule has 0 amide bonds. The van der Waals surface area contributed by atoms with Crippen LogP contribution in [0.2, 0.25) is 0 Å². The van der Waals surface area contributed by atoms with Gasteiger partial charge in [0.15, 0.2) is 11.3 Å². The molecule has 0 saturated carbocycles. The Labute approximate surface area is 102 Å². The third kappa shape index (κ3) is 2.17. The Bertz CT molecular complexity index is 509.